The van der Waals surface area contributed by atoms with Crippen LogP contribution in [0.15, 0.2) is 66.8 Å². The predicted molar refractivity (Wildman–Crippen MR) is 131 cm³/mol. The SMILES string of the molecule is C=C(c1csc2c(NCC(C)Cc3ccccc3)nc(-c3ccncc3)nc12)N(C)C. The van der Waals surface area contributed by atoms with E-state index in [0.29, 0.717) is 11.7 Å². The highest BCUT2D eigenvalue weighted by Crippen LogP contribution is 2.35. The van der Waals surface area contributed by atoms with Crippen LogP contribution in [-0.2, 0) is 6.42 Å². The Morgan fingerprint density at radius 3 is 2.55 bits per heavy atom. The summed E-state index contributed by atoms with van der Waals surface area (Å²) in [5.74, 6) is 2.03. The molecule has 5 nitrogen and oxygen atoms in total. The molecule has 0 spiro atoms. The predicted octanol–water partition coefficient (Wildman–Crippen LogP) is 5.58. The third-order valence-corrected chi connectivity index (χ3v) is 6.23. The average Bonchev–Trinajstić information content (AvgIpc) is 3.22. The summed E-state index contributed by atoms with van der Waals surface area (Å²) in [7, 11) is 4.00. The van der Waals surface area contributed by atoms with Gasteiger partial charge in [0.1, 0.15) is 5.82 Å². The Morgan fingerprint density at radius 1 is 1.10 bits per heavy atom. The molecular weight excluding hydrogens is 402 g/mol. The second-order valence-corrected chi connectivity index (χ2v) is 8.86. The molecule has 0 saturated heterocycles. The molecule has 6 heteroatoms. The normalized spacial score (nSPS) is 12.0. The second-order valence-electron chi connectivity index (χ2n) is 7.98. The van der Waals surface area contributed by atoms with Crippen molar-refractivity contribution in [2.45, 2.75) is 13.3 Å². The highest BCUT2D eigenvalue weighted by molar-refractivity contribution is 7.18. The van der Waals surface area contributed by atoms with Crippen molar-refractivity contribution in [3.8, 4) is 11.4 Å². The zero-order valence-electron chi connectivity index (χ0n) is 18.2. The lowest BCUT2D eigenvalue weighted by molar-refractivity contribution is 0.594. The Hall–Kier alpha value is -3.25. The van der Waals surface area contributed by atoms with Gasteiger partial charge >= 0.3 is 0 Å². The summed E-state index contributed by atoms with van der Waals surface area (Å²) in [4.78, 5) is 15.9. The Balaban J connectivity index is 1.67. The second kappa shape index (κ2) is 9.27. The van der Waals surface area contributed by atoms with Crippen molar-refractivity contribution >= 4 is 33.1 Å². The van der Waals surface area contributed by atoms with Crippen molar-refractivity contribution in [2.24, 2.45) is 5.92 Å². The van der Waals surface area contributed by atoms with E-state index in [-0.39, 0.29) is 0 Å². The van der Waals surface area contributed by atoms with Gasteiger partial charge in [-0.3, -0.25) is 4.98 Å². The molecule has 1 atom stereocenters. The van der Waals surface area contributed by atoms with Gasteiger partial charge in [0.25, 0.3) is 0 Å². The molecule has 158 valence electrons. The topological polar surface area (TPSA) is 53.9 Å². The van der Waals surface area contributed by atoms with Crippen LogP contribution < -0.4 is 5.32 Å². The Bertz CT molecular complexity index is 1170. The van der Waals surface area contributed by atoms with E-state index in [1.165, 1.54) is 5.56 Å². The van der Waals surface area contributed by atoms with E-state index in [1.54, 1.807) is 23.7 Å². The van der Waals surface area contributed by atoms with E-state index in [0.717, 1.165) is 45.8 Å². The van der Waals surface area contributed by atoms with Crippen LogP contribution in [0.25, 0.3) is 27.3 Å². The molecule has 0 bridgehead atoms. The van der Waals surface area contributed by atoms with Crippen LogP contribution in [0, 0.1) is 5.92 Å². The minimum Gasteiger partial charge on any atom is -0.378 e. The molecule has 1 unspecified atom stereocenters. The van der Waals surface area contributed by atoms with E-state index >= 15 is 0 Å². The van der Waals surface area contributed by atoms with Gasteiger partial charge in [0.2, 0.25) is 0 Å². The van der Waals surface area contributed by atoms with Crippen LogP contribution in [0.3, 0.4) is 0 Å². The summed E-state index contributed by atoms with van der Waals surface area (Å²) in [6.07, 6.45) is 4.56. The average molecular weight is 430 g/mol. The van der Waals surface area contributed by atoms with Crippen LogP contribution in [-0.4, -0.2) is 40.5 Å². The number of aromatic nitrogens is 3. The molecular formula is C25H27N5S. The summed E-state index contributed by atoms with van der Waals surface area (Å²) in [5.41, 5.74) is 5.22. The third kappa shape index (κ3) is 4.75. The zero-order chi connectivity index (χ0) is 21.8. The number of hydrogen-bond donors (Lipinski definition) is 1. The van der Waals surface area contributed by atoms with Crippen molar-refractivity contribution in [3.05, 3.63) is 77.9 Å². The van der Waals surface area contributed by atoms with Crippen molar-refractivity contribution in [1.29, 1.82) is 0 Å². The highest BCUT2D eigenvalue weighted by Gasteiger charge is 2.17. The molecule has 31 heavy (non-hydrogen) atoms. The number of pyridine rings is 1. The Morgan fingerprint density at radius 2 is 1.84 bits per heavy atom. The fraction of sp³-hybridized carbons (Fsp3) is 0.240. The van der Waals surface area contributed by atoms with Crippen molar-refractivity contribution in [1.82, 2.24) is 19.9 Å². The van der Waals surface area contributed by atoms with Gasteiger partial charge in [-0.15, -0.1) is 11.3 Å². The molecule has 4 rings (SSSR count). The first-order valence-electron chi connectivity index (χ1n) is 10.4. The van der Waals surface area contributed by atoms with E-state index in [1.807, 2.05) is 31.1 Å². The summed E-state index contributed by atoms with van der Waals surface area (Å²) < 4.78 is 1.06. The molecule has 3 heterocycles. The third-order valence-electron chi connectivity index (χ3n) is 5.25. The standard InChI is InChI=1S/C25H27N5S/c1-17(14-19-8-6-5-7-9-19)15-27-25-23-22(21(16-31-23)18(2)30(3)4)28-24(29-25)20-10-12-26-13-11-20/h5-13,16-17H,2,14-15H2,1,3-4H3,(H,27,28,29). The number of thiophene rings is 1. The van der Waals surface area contributed by atoms with Gasteiger partial charge in [-0.1, -0.05) is 43.8 Å². The number of hydrogen-bond acceptors (Lipinski definition) is 6. The molecule has 4 aromatic rings. The fourth-order valence-corrected chi connectivity index (χ4v) is 4.45. The van der Waals surface area contributed by atoms with Crippen molar-refractivity contribution in [2.75, 3.05) is 26.0 Å². The molecule has 0 aliphatic carbocycles. The van der Waals surface area contributed by atoms with Gasteiger partial charge in [-0.25, -0.2) is 9.97 Å². The van der Waals surface area contributed by atoms with Gasteiger partial charge < -0.3 is 10.2 Å². The molecule has 0 radical (unpaired) electrons. The first-order chi connectivity index (χ1) is 15.0. The number of benzene rings is 1. The Kier molecular flexibility index (Phi) is 6.28. The van der Waals surface area contributed by atoms with Crippen LogP contribution in [0.5, 0.6) is 0 Å². The van der Waals surface area contributed by atoms with E-state index < -0.39 is 0 Å². The van der Waals surface area contributed by atoms with E-state index in [2.05, 4.69) is 59.5 Å². The van der Waals surface area contributed by atoms with Crippen LogP contribution in [0.2, 0.25) is 0 Å². The number of rotatable bonds is 8. The monoisotopic (exact) mass is 429 g/mol. The van der Waals surface area contributed by atoms with Crippen molar-refractivity contribution < 1.29 is 0 Å². The minimum absolute atomic E-state index is 0.466. The first-order valence-corrected chi connectivity index (χ1v) is 11.2. The lowest BCUT2D eigenvalue weighted by atomic mass is 10.0. The highest BCUT2D eigenvalue weighted by atomic mass is 32.1. The molecule has 0 aliphatic rings. The van der Waals surface area contributed by atoms with E-state index in [4.69, 9.17) is 9.97 Å². The lowest BCUT2D eigenvalue weighted by Gasteiger charge is -2.16. The maximum Gasteiger partial charge on any atom is 0.162 e. The summed E-state index contributed by atoms with van der Waals surface area (Å²) >= 11 is 1.66. The summed E-state index contributed by atoms with van der Waals surface area (Å²) in [6.45, 7) is 7.33. The molecule has 3 aromatic heterocycles. The molecule has 0 amide bonds. The first kappa shape index (κ1) is 21.0. The van der Waals surface area contributed by atoms with Crippen LogP contribution in [0.1, 0.15) is 18.1 Å². The van der Waals surface area contributed by atoms with Gasteiger partial charge in [0.05, 0.1) is 10.2 Å². The molecule has 1 aromatic carbocycles. The molecule has 0 aliphatic heterocycles. The van der Waals surface area contributed by atoms with Gasteiger partial charge in [0.15, 0.2) is 5.82 Å². The largest absolute Gasteiger partial charge is 0.378 e. The van der Waals surface area contributed by atoms with Gasteiger partial charge in [-0.05, 0) is 30.0 Å². The zero-order valence-corrected chi connectivity index (χ0v) is 19.0. The van der Waals surface area contributed by atoms with E-state index in [9.17, 15) is 0 Å². The maximum atomic E-state index is 4.91. The molecule has 0 saturated carbocycles. The molecule has 1 N–H and O–H groups in total. The van der Waals surface area contributed by atoms with Crippen LogP contribution in [0.4, 0.5) is 5.82 Å². The molecule has 0 fully saturated rings. The quantitative estimate of drug-likeness (QED) is 0.396. The maximum absolute atomic E-state index is 4.91. The smallest absolute Gasteiger partial charge is 0.162 e. The van der Waals surface area contributed by atoms with Crippen molar-refractivity contribution in [3.63, 3.8) is 0 Å². The lowest BCUT2D eigenvalue weighted by Crippen LogP contribution is -2.15. The summed E-state index contributed by atoms with van der Waals surface area (Å²) in [5, 5.41) is 5.72. The van der Waals surface area contributed by atoms with Gasteiger partial charge in [0, 0.05) is 55.2 Å². The summed E-state index contributed by atoms with van der Waals surface area (Å²) in [6, 6.07) is 14.5. The Labute approximate surface area is 187 Å². The fourth-order valence-electron chi connectivity index (χ4n) is 3.47. The number of fused-ring (bicyclic) bond motifs is 1. The number of nitrogens with one attached hydrogen (secondary N) is 1. The van der Waals surface area contributed by atoms with Crippen LogP contribution >= 0.6 is 11.3 Å². The number of nitrogens with zero attached hydrogens (tertiary/aromatic N) is 4. The minimum atomic E-state index is 0.466. The number of anilines is 1. The van der Waals surface area contributed by atoms with Gasteiger partial charge in [-0.2, -0.15) is 0 Å².